The van der Waals surface area contributed by atoms with E-state index >= 15 is 0 Å². The second-order valence-corrected chi connectivity index (χ2v) is 6.84. The highest BCUT2D eigenvalue weighted by molar-refractivity contribution is 7.89. The van der Waals surface area contributed by atoms with Crippen LogP contribution in [0, 0.1) is 0 Å². The van der Waals surface area contributed by atoms with Crippen molar-refractivity contribution in [3.8, 4) is 0 Å². The molecular formula is C14H32N4O3S. The van der Waals surface area contributed by atoms with Gasteiger partial charge in [0.25, 0.3) is 0 Å². The summed E-state index contributed by atoms with van der Waals surface area (Å²) in [6, 6.07) is 0. The van der Waals surface area contributed by atoms with Crippen molar-refractivity contribution >= 4 is 16.0 Å². The summed E-state index contributed by atoms with van der Waals surface area (Å²) in [5.74, 6) is 0.889. The molecular weight excluding hydrogens is 304 g/mol. The predicted molar refractivity (Wildman–Crippen MR) is 91.8 cm³/mol. The summed E-state index contributed by atoms with van der Waals surface area (Å²) >= 11 is 0. The molecule has 0 saturated heterocycles. The third kappa shape index (κ3) is 12.8. The maximum Gasteiger partial charge on any atom is 0.211 e. The Morgan fingerprint density at radius 1 is 1.05 bits per heavy atom. The Bertz CT molecular complexity index is 386. The molecule has 0 amide bonds. The average Bonchev–Trinajstić information content (AvgIpc) is 2.50. The van der Waals surface area contributed by atoms with Crippen molar-refractivity contribution in [2.75, 3.05) is 45.1 Å². The fraction of sp³-hybridized carbons (Fsp3) is 0.929. The van der Waals surface area contributed by atoms with Crippen molar-refractivity contribution in [3.63, 3.8) is 0 Å². The number of nitrogens with zero attached hydrogens (tertiary/aromatic N) is 1. The SMILES string of the molecule is CCNC(=NCCCNS(=O)(=O)CC)NCCCCOCC. The van der Waals surface area contributed by atoms with Gasteiger partial charge in [0.2, 0.25) is 10.0 Å². The van der Waals surface area contributed by atoms with Crippen LogP contribution in [0.15, 0.2) is 4.99 Å². The van der Waals surface area contributed by atoms with Crippen LogP contribution in [0.3, 0.4) is 0 Å². The van der Waals surface area contributed by atoms with E-state index in [1.165, 1.54) is 0 Å². The van der Waals surface area contributed by atoms with Gasteiger partial charge < -0.3 is 15.4 Å². The predicted octanol–water partition coefficient (Wildman–Crippen LogP) is 0.688. The van der Waals surface area contributed by atoms with E-state index in [2.05, 4.69) is 20.3 Å². The van der Waals surface area contributed by atoms with Gasteiger partial charge in [0, 0.05) is 39.4 Å². The summed E-state index contributed by atoms with van der Waals surface area (Å²) in [5, 5.41) is 6.43. The van der Waals surface area contributed by atoms with Crippen LogP contribution in [0.25, 0.3) is 0 Å². The minimum absolute atomic E-state index is 0.113. The van der Waals surface area contributed by atoms with Crippen LogP contribution in [0.2, 0.25) is 0 Å². The van der Waals surface area contributed by atoms with E-state index < -0.39 is 10.0 Å². The number of hydrogen-bond donors (Lipinski definition) is 3. The third-order valence-corrected chi connectivity index (χ3v) is 4.27. The Labute approximate surface area is 135 Å². The van der Waals surface area contributed by atoms with Crippen molar-refractivity contribution in [1.29, 1.82) is 0 Å². The Morgan fingerprint density at radius 2 is 1.82 bits per heavy atom. The van der Waals surface area contributed by atoms with Crippen molar-refractivity contribution in [2.24, 2.45) is 4.99 Å². The van der Waals surface area contributed by atoms with Crippen molar-refractivity contribution in [2.45, 2.75) is 40.0 Å². The molecule has 0 heterocycles. The van der Waals surface area contributed by atoms with Crippen LogP contribution in [-0.4, -0.2) is 59.5 Å². The second-order valence-electron chi connectivity index (χ2n) is 4.74. The van der Waals surface area contributed by atoms with Crippen LogP contribution in [0.1, 0.15) is 40.0 Å². The first-order valence-electron chi connectivity index (χ1n) is 8.13. The molecule has 0 aliphatic carbocycles. The highest BCUT2D eigenvalue weighted by Gasteiger charge is 2.04. The molecule has 8 heteroatoms. The van der Waals surface area contributed by atoms with E-state index in [1.54, 1.807) is 6.92 Å². The summed E-state index contributed by atoms with van der Waals surface area (Å²) in [5.41, 5.74) is 0. The van der Waals surface area contributed by atoms with Crippen molar-refractivity contribution < 1.29 is 13.2 Å². The molecule has 0 fully saturated rings. The van der Waals surface area contributed by atoms with Gasteiger partial charge >= 0.3 is 0 Å². The highest BCUT2D eigenvalue weighted by Crippen LogP contribution is 1.89. The molecule has 132 valence electrons. The van der Waals surface area contributed by atoms with Gasteiger partial charge in [0.05, 0.1) is 5.75 Å². The fourth-order valence-corrected chi connectivity index (χ4v) is 2.28. The van der Waals surface area contributed by atoms with Crippen LogP contribution in [0.4, 0.5) is 0 Å². The minimum atomic E-state index is -3.10. The minimum Gasteiger partial charge on any atom is -0.382 e. The van der Waals surface area contributed by atoms with Gasteiger partial charge in [0.15, 0.2) is 5.96 Å². The van der Waals surface area contributed by atoms with E-state index in [9.17, 15) is 8.42 Å². The lowest BCUT2D eigenvalue weighted by molar-refractivity contribution is 0.143. The van der Waals surface area contributed by atoms with Gasteiger partial charge in [-0.05, 0) is 40.0 Å². The van der Waals surface area contributed by atoms with Crippen molar-refractivity contribution in [1.82, 2.24) is 15.4 Å². The van der Waals surface area contributed by atoms with Crippen LogP contribution in [0.5, 0.6) is 0 Å². The maximum atomic E-state index is 11.3. The Balaban J connectivity index is 3.85. The number of rotatable bonds is 13. The molecule has 0 radical (unpaired) electrons. The zero-order chi connectivity index (χ0) is 16.7. The topological polar surface area (TPSA) is 91.8 Å². The normalized spacial score (nSPS) is 12.4. The smallest absolute Gasteiger partial charge is 0.211 e. The monoisotopic (exact) mass is 336 g/mol. The summed E-state index contributed by atoms with van der Waals surface area (Å²) < 4.78 is 30.4. The number of guanidine groups is 1. The fourth-order valence-electron chi connectivity index (χ4n) is 1.62. The van der Waals surface area contributed by atoms with E-state index in [1.807, 2.05) is 13.8 Å². The molecule has 0 aromatic heterocycles. The Morgan fingerprint density at radius 3 is 2.45 bits per heavy atom. The van der Waals surface area contributed by atoms with Gasteiger partial charge in [-0.25, -0.2) is 13.1 Å². The van der Waals surface area contributed by atoms with Gasteiger partial charge in [0.1, 0.15) is 0 Å². The summed E-state index contributed by atoms with van der Waals surface area (Å²) in [6.07, 6.45) is 2.74. The summed E-state index contributed by atoms with van der Waals surface area (Å²) in [7, 11) is -3.10. The number of ether oxygens (including phenoxy) is 1. The Hall–Kier alpha value is -0.860. The molecule has 7 nitrogen and oxygen atoms in total. The summed E-state index contributed by atoms with van der Waals surface area (Å²) in [4.78, 5) is 4.42. The molecule has 0 spiro atoms. The molecule has 0 atom stereocenters. The van der Waals surface area contributed by atoms with E-state index in [4.69, 9.17) is 4.74 Å². The lowest BCUT2D eigenvalue weighted by Gasteiger charge is -2.11. The van der Waals surface area contributed by atoms with Crippen LogP contribution < -0.4 is 15.4 Å². The zero-order valence-electron chi connectivity index (χ0n) is 14.2. The van der Waals surface area contributed by atoms with Crippen LogP contribution in [-0.2, 0) is 14.8 Å². The molecule has 3 N–H and O–H groups in total. The van der Waals surface area contributed by atoms with Crippen molar-refractivity contribution in [3.05, 3.63) is 0 Å². The maximum absolute atomic E-state index is 11.3. The van der Waals surface area contributed by atoms with Crippen LogP contribution >= 0.6 is 0 Å². The number of sulfonamides is 1. The largest absolute Gasteiger partial charge is 0.382 e. The molecule has 0 bridgehead atoms. The highest BCUT2D eigenvalue weighted by atomic mass is 32.2. The summed E-state index contributed by atoms with van der Waals surface area (Å²) in [6.45, 7) is 9.85. The first-order valence-corrected chi connectivity index (χ1v) is 9.78. The second kappa shape index (κ2) is 13.8. The molecule has 0 aliphatic heterocycles. The third-order valence-electron chi connectivity index (χ3n) is 2.86. The molecule has 0 rings (SSSR count). The first kappa shape index (κ1) is 21.1. The van der Waals surface area contributed by atoms with Gasteiger partial charge in [-0.3, -0.25) is 4.99 Å². The van der Waals surface area contributed by atoms with Gasteiger partial charge in [-0.15, -0.1) is 0 Å². The van der Waals surface area contributed by atoms with E-state index in [0.717, 1.165) is 45.1 Å². The van der Waals surface area contributed by atoms with E-state index in [-0.39, 0.29) is 5.75 Å². The number of unbranched alkanes of at least 4 members (excludes halogenated alkanes) is 1. The van der Waals surface area contributed by atoms with E-state index in [0.29, 0.717) is 19.5 Å². The molecule has 0 unspecified atom stereocenters. The molecule has 0 saturated carbocycles. The average molecular weight is 337 g/mol. The molecule has 22 heavy (non-hydrogen) atoms. The van der Waals surface area contributed by atoms with Gasteiger partial charge in [-0.2, -0.15) is 0 Å². The molecule has 0 aliphatic rings. The molecule has 0 aromatic rings. The number of nitrogens with one attached hydrogen (secondary N) is 3. The van der Waals surface area contributed by atoms with Gasteiger partial charge in [-0.1, -0.05) is 0 Å². The number of aliphatic imine (C=N–C) groups is 1. The lowest BCUT2D eigenvalue weighted by Crippen LogP contribution is -2.38. The lowest BCUT2D eigenvalue weighted by atomic mass is 10.3. The Kier molecular flexibility index (Phi) is 13.2. The number of hydrogen-bond acceptors (Lipinski definition) is 4. The quantitative estimate of drug-likeness (QED) is 0.261. The molecule has 0 aromatic carbocycles. The zero-order valence-corrected chi connectivity index (χ0v) is 15.0. The standard InChI is InChI=1S/C14H32N4O3S/c1-4-15-14(16-10-7-8-13-21-5-2)17-11-9-12-18-22(19,20)6-3/h18H,4-13H2,1-3H3,(H2,15,16,17). The first-order chi connectivity index (χ1) is 10.6.